The molecule has 1 atom stereocenters. The molecule has 104 valence electrons. The fraction of sp³-hybridized carbons (Fsp3) is 0.500. The molecule has 1 fully saturated rings. The van der Waals surface area contributed by atoms with Crippen molar-refractivity contribution in [2.45, 2.75) is 31.8 Å². The number of benzene rings is 1. The topological polar surface area (TPSA) is 46.5 Å². The van der Waals surface area contributed by atoms with Crippen molar-refractivity contribution in [3.63, 3.8) is 0 Å². The van der Waals surface area contributed by atoms with Gasteiger partial charge in [-0.2, -0.15) is 0 Å². The van der Waals surface area contributed by atoms with Gasteiger partial charge >= 0.3 is 5.97 Å². The Hall–Kier alpha value is -0.580. The van der Waals surface area contributed by atoms with E-state index in [1.54, 1.807) is 7.11 Å². The van der Waals surface area contributed by atoms with Crippen molar-refractivity contribution in [2.24, 2.45) is 5.92 Å². The summed E-state index contributed by atoms with van der Waals surface area (Å²) in [6.07, 6.45) is 2.37. The second-order valence-corrected chi connectivity index (χ2v) is 6.20. The van der Waals surface area contributed by atoms with Crippen LogP contribution in [0.15, 0.2) is 16.6 Å². The summed E-state index contributed by atoms with van der Waals surface area (Å²) in [7, 11) is 1.62. The van der Waals surface area contributed by atoms with Crippen LogP contribution in [0.25, 0.3) is 0 Å². The van der Waals surface area contributed by atoms with Crippen LogP contribution in [0.5, 0.6) is 0 Å². The fourth-order valence-electron chi connectivity index (χ4n) is 2.36. The number of methoxy groups -OCH3 is 1. The van der Waals surface area contributed by atoms with Crippen LogP contribution in [-0.2, 0) is 16.1 Å². The van der Waals surface area contributed by atoms with Gasteiger partial charge in [0, 0.05) is 22.2 Å². The Labute approximate surface area is 126 Å². The van der Waals surface area contributed by atoms with Crippen LogP contribution < -0.4 is 0 Å². The molecule has 0 spiro atoms. The number of carbonyl (C=O) groups is 1. The minimum atomic E-state index is -0.759. The van der Waals surface area contributed by atoms with Crippen LogP contribution in [-0.4, -0.2) is 18.2 Å². The second kappa shape index (κ2) is 6.25. The van der Waals surface area contributed by atoms with Gasteiger partial charge in [0.15, 0.2) is 0 Å². The molecule has 1 N–H and O–H groups in total. The third-order valence-corrected chi connectivity index (χ3v) is 4.51. The first-order valence-electron chi connectivity index (χ1n) is 6.21. The third-order valence-electron chi connectivity index (χ3n) is 3.47. The molecule has 0 bridgehead atoms. The van der Waals surface area contributed by atoms with Crippen LogP contribution in [0.3, 0.4) is 0 Å². The van der Waals surface area contributed by atoms with Gasteiger partial charge in [-0.25, -0.2) is 0 Å². The van der Waals surface area contributed by atoms with E-state index in [1.165, 1.54) is 0 Å². The van der Waals surface area contributed by atoms with E-state index in [9.17, 15) is 4.79 Å². The number of carboxylic acids is 1. The maximum atomic E-state index is 11.0. The normalized spacial score (nSPS) is 16.4. The maximum absolute atomic E-state index is 11.0. The quantitative estimate of drug-likeness (QED) is 0.838. The zero-order valence-electron chi connectivity index (χ0n) is 10.7. The molecule has 2 rings (SSSR count). The number of aliphatic carboxylic acids is 1. The van der Waals surface area contributed by atoms with Gasteiger partial charge in [0.05, 0.1) is 13.0 Å². The van der Waals surface area contributed by atoms with E-state index in [4.69, 9.17) is 21.4 Å². The van der Waals surface area contributed by atoms with Gasteiger partial charge in [-0.15, -0.1) is 0 Å². The summed E-state index contributed by atoms with van der Waals surface area (Å²) >= 11 is 9.75. The highest BCUT2D eigenvalue weighted by Gasteiger charge is 2.34. The van der Waals surface area contributed by atoms with Crippen molar-refractivity contribution in [3.8, 4) is 0 Å². The summed E-state index contributed by atoms with van der Waals surface area (Å²) in [5, 5.41) is 9.66. The Balaban J connectivity index is 2.30. The summed E-state index contributed by atoms with van der Waals surface area (Å²) in [5.41, 5.74) is 1.90. The van der Waals surface area contributed by atoms with Crippen LogP contribution in [0.4, 0.5) is 0 Å². The number of rotatable bonds is 6. The monoisotopic (exact) mass is 346 g/mol. The van der Waals surface area contributed by atoms with Crippen LogP contribution in [0, 0.1) is 5.92 Å². The average Bonchev–Trinajstić information content (AvgIpc) is 3.14. The second-order valence-electron chi connectivity index (χ2n) is 4.94. The Morgan fingerprint density at radius 2 is 2.26 bits per heavy atom. The van der Waals surface area contributed by atoms with Gasteiger partial charge in [-0.05, 0) is 42.4 Å². The zero-order valence-corrected chi connectivity index (χ0v) is 13.0. The summed E-state index contributed by atoms with van der Waals surface area (Å²) in [4.78, 5) is 11.0. The summed E-state index contributed by atoms with van der Waals surface area (Å²) in [5.74, 6) is -0.222. The van der Waals surface area contributed by atoms with E-state index in [2.05, 4.69) is 15.9 Å². The lowest BCUT2D eigenvalue weighted by Gasteiger charge is -2.17. The highest BCUT2D eigenvalue weighted by Crippen LogP contribution is 2.46. The minimum Gasteiger partial charge on any atom is -0.481 e. The predicted molar refractivity (Wildman–Crippen MR) is 77.6 cm³/mol. The van der Waals surface area contributed by atoms with Gasteiger partial charge in [0.25, 0.3) is 0 Å². The molecule has 0 amide bonds. The molecule has 1 aromatic rings. The molecule has 0 radical (unpaired) electrons. The highest BCUT2D eigenvalue weighted by atomic mass is 79.9. The molecule has 1 saturated carbocycles. The third kappa shape index (κ3) is 3.71. The van der Waals surface area contributed by atoms with E-state index in [1.807, 2.05) is 12.1 Å². The highest BCUT2D eigenvalue weighted by molar-refractivity contribution is 9.10. The molecule has 19 heavy (non-hydrogen) atoms. The van der Waals surface area contributed by atoms with E-state index < -0.39 is 5.97 Å². The molecule has 1 aromatic carbocycles. The van der Waals surface area contributed by atoms with Gasteiger partial charge in [0.2, 0.25) is 0 Å². The van der Waals surface area contributed by atoms with Gasteiger partial charge < -0.3 is 9.84 Å². The van der Waals surface area contributed by atoms with Crippen molar-refractivity contribution < 1.29 is 14.6 Å². The van der Waals surface area contributed by atoms with Crippen LogP contribution in [0.1, 0.15) is 36.3 Å². The van der Waals surface area contributed by atoms with E-state index >= 15 is 0 Å². The number of halogens is 2. The number of hydrogen-bond donors (Lipinski definition) is 1. The number of carboxylic acid groups (broad SMARTS) is 1. The van der Waals surface area contributed by atoms with Crippen LogP contribution in [0.2, 0.25) is 5.02 Å². The van der Waals surface area contributed by atoms with Crippen molar-refractivity contribution in [1.82, 2.24) is 0 Å². The molecule has 0 saturated heterocycles. The van der Waals surface area contributed by atoms with Gasteiger partial charge in [0.1, 0.15) is 0 Å². The number of hydrogen-bond acceptors (Lipinski definition) is 2. The van der Waals surface area contributed by atoms with E-state index in [-0.39, 0.29) is 12.3 Å². The maximum Gasteiger partial charge on any atom is 0.303 e. The Morgan fingerprint density at radius 1 is 1.58 bits per heavy atom. The molecule has 0 aromatic heterocycles. The molecule has 1 aliphatic carbocycles. The molecule has 3 nitrogen and oxygen atoms in total. The standard InChI is InChI=1S/C14H16BrClO3/c1-19-7-11-12(15)4-9(5-13(11)16)10(6-14(17)18)8-2-3-8/h4-5,8,10H,2-3,6-7H2,1H3,(H,17,18). The van der Waals surface area contributed by atoms with Gasteiger partial charge in [-0.1, -0.05) is 27.5 Å². The molecule has 0 aliphatic heterocycles. The molecular formula is C14H16BrClO3. The smallest absolute Gasteiger partial charge is 0.303 e. The largest absolute Gasteiger partial charge is 0.481 e. The summed E-state index contributed by atoms with van der Waals surface area (Å²) < 4.78 is 5.99. The molecule has 1 aliphatic rings. The van der Waals surface area contributed by atoms with E-state index in [0.717, 1.165) is 28.4 Å². The summed E-state index contributed by atoms with van der Waals surface area (Å²) in [6, 6.07) is 3.86. The van der Waals surface area contributed by atoms with Crippen LogP contribution >= 0.6 is 27.5 Å². The van der Waals surface area contributed by atoms with Crippen molar-refractivity contribution in [3.05, 3.63) is 32.8 Å². The van der Waals surface area contributed by atoms with Gasteiger partial charge in [-0.3, -0.25) is 4.79 Å². The Bertz CT molecular complexity index is 463. The van der Waals surface area contributed by atoms with Crippen molar-refractivity contribution in [2.75, 3.05) is 7.11 Å². The van der Waals surface area contributed by atoms with Crippen molar-refractivity contribution in [1.29, 1.82) is 0 Å². The molecule has 0 heterocycles. The molecule has 5 heteroatoms. The SMILES string of the molecule is COCc1c(Cl)cc(C(CC(=O)O)C2CC2)cc1Br. The molecule has 1 unspecified atom stereocenters. The lowest BCUT2D eigenvalue weighted by atomic mass is 9.90. The Morgan fingerprint density at radius 3 is 2.74 bits per heavy atom. The predicted octanol–water partition coefficient (Wildman–Crippen LogP) is 4.22. The van der Waals surface area contributed by atoms with Crippen molar-refractivity contribution >= 4 is 33.5 Å². The lowest BCUT2D eigenvalue weighted by Crippen LogP contribution is -2.09. The zero-order chi connectivity index (χ0) is 14.0. The summed E-state index contributed by atoms with van der Waals surface area (Å²) in [6.45, 7) is 0.437. The van der Waals surface area contributed by atoms with E-state index in [0.29, 0.717) is 17.5 Å². The Kier molecular flexibility index (Phi) is 4.87. The average molecular weight is 348 g/mol. The number of ether oxygens (including phenoxy) is 1. The first-order valence-corrected chi connectivity index (χ1v) is 7.38. The first-order chi connectivity index (χ1) is 9.02. The first kappa shape index (κ1) is 14.8. The fourth-order valence-corrected chi connectivity index (χ4v) is 3.35. The molecular weight excluding hydrogens is 332 g/mol. The lowest BCUT2D eigenvalue weighted by molar-refractivity contribution is -0.137. The minimum absolute atomic E-state index is 0.0582.